The second-order valence-corrected chi connectivity index (χ2v) is 4.91. The zero-order chi connectivity index (χ0) is 12.8. The van der Waals surface area contributed by atoms with Crippen molar-refractivity contribution in [1.82, 2.24) is 19.3 Å². The summed E-state index contributed by atoms with van der Waals surface area (Å²) < 4.78 is 4.24. The third-order valence-corrected chi connectivity index (χ3v) is 3.81. The van der Waals surface area contributed by atoms with Gasteiger partial charge in [-0.3, -0.25) is 4.68 Å². The molecule has 1 aliphatic rings. The van der Waals surface area contributed by atoms with Crippen LogP contribution in [0.3, 0.4) is 0 Å². The number of benzene rings is 1. The van der Waals surface area contributed by atoms with E-state index in [-0.39, 0.29) is 0 Å². The maximum Gasteiger partial charge on any atom is 0.204 e. The SMILES string of the molecule is Cn1nccc1C1CCNc2nc3ccccc3n21. The molecule has 0 saturated heterocycles. The zero-order valence-electron chi connectivity index (χ0n) is 10.7. The van der Waals surface area contributed by atoms with Gasteiger partial charge in [0.15, 0.2) is 0 Å². The monoisotopic (exact) mass is 253 g/mol. The minimum absolute atomic E-state index is 0.302. The molecule has 1 N–H and O–H groups in total. The fourth-order valence-corrected chi connectivity index (χ4v) is 2.93. The van der Waals surface area contributed by atoms with Gasteiger partial charge < -0.3 is 9.88 Å². The standard InChI is InChI=1S/C14H15N5/c1-18-12(7-9-16-18)13-6-8-15-14-17-10-4-2-3-5-11(10)19(13)14/h2-5,7,9,13H,6,8H2,1H3,(H,15,17). The molecule has 0 aliphatic carbocycles. The van der Waals surface area contributed by atoms with Gasteiger partial charge in [0.2, 0.25) is 5.95 Å². The molecule has 0 amide bonds. The number of para-hydroxylation sites is 2. The number of nitrogens with one attached hydrogen (secondary N) is 1. The highest BCUT2D eigenvalue weighted by Crippen LogP contribution is 2.33. The predicted molar refractivity (Wildman–Crippen MR) is 74.2 cm³/mol. The Labute approximate surface area is 110 Å². The van der Waals surface area contributed by atoms with Crippen molar-refractivity contribution in [3.63, 3.8) is 0 Å². The number of nitrogens with zero attached hydrogens (tertiary/aromatic N) is 4. The summed E-state index contributed by atoms with van der Waals surface area (Å²) in [5.74, 6) is 0.957. The van der Waals surface area contributed by atoms with Crippen molar-refractivity contribution in [3.05, 3.63) is 42.2 Å². The minimum atomic E-state index is 0.302. The molecule has 1 unspecified atom stereocenters. The predicted octanol–water partition coefficient (Wildman–Crippen LogP) is 2.17. The first-order valence-corrected chi connectivity index (χ1v) is 6.53. The molecular formula is C14H15N5. The van der Waals surface area contributed by atoms with Gasteiger partial charge in [0, 0.05) is 19.8 Å². The molecule has 0 fully saturated rings. The fourth-order valence-electron chi connectivity index (χ4n) is 2.93. The van der Waals surface area contributed by atoms with Gasteiger partial charge in [-0.2, -0.15) is 5.10 Å². The number of hydrogen-bond acceptors (Lipinski definition) is 3. The lowest BCUT2D eigenvalue weighted by Crippen LogP contribution is -2.25. The summed E-state index contributed by atoms with van der Waals surface area (Å²) in [7, 11) is 2.00. The molecule has 3 heterocycles. The van der Waals surface area contributed by atoms with Crippen LogP contribution in [0, 0.1) is 0 Å². The molecule has 5 heteroatoms. The lowest BCUT2D eigenvalue weighted by molar-refractivity contribution is 0.502. The first-order chi connectivity index (χ1) is 9.34. The van der Waals surface area contributed by atoms with Crippen LogP contribution >= 0.6 is 0 Å². The summed E-state index contributed by atoms with van der Waals surface area (Å²) in [6, 6.07) is 10.7. The number of aromatic nitrogens is 4. The molecule has 1 aliphatic heterocycles. The molecule has 19 heavy (non-hydrogen) atoms. The first-order valence-electron chi connectivity index (χ1n) is 6.53. The van der Waals surface area contributed by atoms with Crippen LogP contribution in [0.1, 0.15) is 18.2 Å². The van der Waals surface area contributed by atoms with Crippen molar-refractivity contribution in [3.8, 4) is 0 Å². The second-order valence-electron chi connectivity index (χ2n) is 4.91. The summed E-state index contributed by atoms with van der Waals surface area (Å²) in [6.07, 6.45) is 2.91. The maximum absolute atomic E-state index is 4.67. The van der Waals surface area contributed by atoms with Crippen LogP contribution in [0.5, 0.6) is 0 Å². The topological polar surface area (TPSA) is 47.7 Å². The van der Waals surface area contributed by atoms with E-state index in [1.807, 2.05) is 24.0 Å². The van der Waals surface area contributed by atoms with E-state index in [4.69, 9.17) is 0 Å². The lowest BCUT2D eigenvalue weighted by atomic mass is 10.1. The highest BCUT2D eigenvalue weighted by molar-refractivity contribution is 5.79. The summed E-state index contributed by atoms with van der Waals surface area (Å²) in [6.45, 7) is 0.944. The van der Waals surface area contributed by atoms with Gasteiger partial charge in [0.25, 0.3) is 0 Å². The average molecular weight is 253 g/mol. The third kappa shape index (κ3) is 1.47. The van der Waals surface area contributed by atoms with E-state index in [2.05, 4.69) is 44.2 Å². The van der Waals surface area contributed by atoms with Gasteiger partial charge in [-0.25, -0.2) is 4.98 Å². The van der Waals surface area contributed by atoms with E-state index in [1.165, 1.54) is 11.2 Å². The molecule has 2 aromatic heterocycles. The van der Waals surface area contributed by atoms with Crippen molar-refractivity contribution in [2.24, 2.45) is 7.05 Å². The summed E-state index contributed by atoms with van der Waals surface area (Å²) >= 11 is 0. The van der Waals surface area contributed by atoms with E-state index >= 15 is 0 Å². The number of hydrogen-bond donors (Lipinski definition) is 1. The quantitative estimate of drug-likeness (QED) is 0.723. The van der Waals surface area contributed by atoms with E-state index < -0.39 is 0 Å². The third-order valence-electron chi connectivity index (χ3n) is 3.81. The molecule has 96 valence electrons. The molecule has 0 bridgehead atoms. The number of rotatable bonds is 1. The zero-order valence-corrected chi connectivity index (χ0v) is 10.7. The Morgan fingerprint density at radius 3 is 3.00 bits per heavy atom. The van der Waals surface area contributed by atoms with E-state index in [0.29, 0.717) is 6.04 Å². The fraction of sp³-hybridized carbons (Fsp3) is 0.286. The van der Waals surface area contributed by atoms with Gasteiger partial charge in [0.05, 0.1) is 22.8 Å². The van der Waals surface area contributed by atoms with Crippen LogP contribution in [0.15, 0.2) is 36.5 Å². The highest BCUT2D eigenvalue weighted by Gasteiger charge is 2.26. The largest absolute Gasteiger partial charge is 0.356 e. The van der Waals surface area contributed by atoms with Gasteiger partial charge >= 0.3 is 0 Å². The smallest absolute Gasteiger partial charge is 0.204 e. The van der Waals surface area contributed by atoms with E-state index in [1.54, 1.807) is 0 Å². The van der Waals surface area contributed by atoms with Crippen LogP contribution < -0.4 is 5.32 Å². The Morgan fingerprint density at radius 1 is 1.26 bits per heavy atom. The van der Waals surface area contributed by atoms with Crippen molar-refractivity contribution < 1.29 is 0 Å². The number of imidazole rings is 1. The molecule has 0 saturated carbocycles. The van der Waals surface area contributed by atoms with Crippen LogP contribution in [0.25, 0.3) is 11.0 Å². The highest BCUT2D eigenvalue weighted by atomic mass is 15.3. The number of anilines is 1. The Balaban J connectivity index is 1.97. The Bertz CT molecular complexity index is 739. The van der Waals surface area contributed by atoms with Crippen molar-refractivity contribution in [1.29, 1.82) is 0 Å². The Morgan fingerprint density at radius 2 is 2.16 bits per heavy atom. The molecule has 1 aromatic carbocycles. The Hall–Kier alpha value is -2.30. The van der Waals surface area contributed by atoms with E-state index in [0.717, 1.165) is 24.4 Å². The van der Waals surface area contributed by atoms with Crippen LogP contribution in [-0.4, -0.2) is 25.9 Å². The molecule has 3 aromatic rings. The minimum Gasteiger partial charge on any atom is -0.356 e. The normalized spacial score (nSPS) is 18.3. The van der Waals surface area contributed by atoms with Crippen LogP contribution in [-0.2, 0) is 7.05 Å². The van der Waals surface area contributed by atoms with Gasteiger partial charge in [0.1, 0.15) is 0 Å². The molecule has 4 rings (SSSR count). The molecule has 0 radical (unpaired) electrons. The second kappa shape index (κ2) is 3.85. The van der Waals surface area contributed by atoms with Crippen molar-refractivity contribution in [2.75, 3.05) is 11.9 Å². The van der Waals surface area contributed by atoms with Gasteiger partial charge in [-0.15, -0.1) is 0 Å². The van der Waals surface area contributed by atoms with Crippen molar-refractivity contribution in [2.45, 2.75) is 12.5 Å². The summed E-state index contributed by atoms with van der Waals surface area (Å²) in [4.78, 5) is 4.67. The average Bonchev–Trinajstić information content (AvgIpc) is 3.01. The van der Waals surface area contributed by atoms with Crippen LogP contribution in [0.4, 0.5) is 5.95 Å². The van der Waals surface area contributed by atoms with Gasteiger partial charge in [-0.1, -0.05) is 12.1 Å². The molecule has 0 spiro atoms. The molecular weight excluding hydrogens is 238 g/mol. The lowest BCUT2D eigenvalue weighted by Gasteiger charge is -2.26. The number of aryl methyl sites for hydroxylation is 1. The Kier molecular flexibility index (Phi) is 2.15. The summed E-state index contributed by atoms with van der Waals surface area (Å²) in [5, 5.41) is 7.68. The first kappa shape index (κ1) is 10.6. The maximum atomic E-state index is 4.67. The molecule has 1 atom stereocenters. The molecule has 5 nitrogen and oxygen atoms in total. The number of fused-ring (bicyclic) bond motifs is 3. The van der Waals surface area contributed by atoms with Crippen LogP contribution in [0.2, 0.25) is 0 Å². The van der Waals surface area contributed by atoms with Crippen molar-refractivity contribution >= 4 is 17.0 Å². The van der Waals surface area contributed by atoms with E-state index in [9.17, 15) is 0 Å². The van der Waals surface area contributed by atoms with Gasteiger partial charge in [-0.05, 0) is 24.6 Å². The summed E-state index contributed by atoms with van der Waals surface area (Å²) in [5.41, 5.74) is 3.45.